The molecule has 0 saturated heterocycles. The van der Waals surface area contributed by atoms with Crippen LogP contribution in [0.1, 0.15) is 11.1 Å². The summed E-state index contributed by atoms with van der Waals surface area (Å²) < 4.78 is 2.19. The van der Waals surface area contributed by atoms with Crippen molar-refractivity contribution in [3.8, 4) is 40.1 Å². The lowest BCUT2D eigenvalue weighted by Crippen LogP contribution is -1.97. The van der Waals surface area contributed by atoms with E-state index in [1.54, 1.807) is 18.2 Å². The van der Waals surface area contributed by atoms with Crippen LogP contribution in [0.2, 0.25) is 0 Å². The third-order valence-electron chi connectivity index (χ3n) is 6.71. The van der Waals surface area contributed by atoms with Crippen molar-refractivity contribution in [2.45, 2.75) is 0 Å². The third kappa shape index (κ3) is 3.43. The van der Waals surface area contributed by atoms with E-state index in [0.717, 1.165) is 44.2 Å². The number of nitrogens with zero attached hydrogens (tertiary/aromatic N) is 4. The Bertz CT molecular complexity index is 1930. The molecule has 0 aliphatic rings. The highest BCUT2D eigenvalue weighted by atomic mass is 15.0. The Morgan fingerprint density at radius 1 is 0.649 bits per heavy atom. The standard InChI is InChI=1S/C33H18N4/c1-36-30-16-6-5-13-26(30)22-17-18-27-28-14-8-15-29(32-23(20-34)9-7-10-24(32)21-35)33(28)37(31(27)19-22)25-11-3-2-4-12-25/h2-19H. The second-order valence-electron chi connectivity index (χ2n) is 8.69. The van der Waals surface area contributed by atoms with E-state index in [0.29, 0.717) is 22.4 Å². The highest BCUT2D eigenvalue weighted by Crippen LogP contribution is 2.42. The highest BCUT2D eigenvalue weighted by molar-refractivity contribution is 6.15. The summed E-state index contributed by atoms with van der Waals surface area (Å²) in [5, 5.41) is 21.9. The van der Waals surface area contributed by atoms with Gasteiger partial charge in [-0.1, -0.05) is 78.9 Å². The number of nitriles is 2. The first kappa shape index (κ1) is 21.9. The number of hydrogen-bond donors (Lipinski definition) is 0. The van der Waals surface area contributed by atoms with Crippen molar-refractivity contribution in [3.63, 3.8) is 0 Å². The SMILES string of the molecule is [C-]#[N+]c1ccccc1-c1ccc2c3cccc(-c4c(C#N)cccc4C#N)c3n(-c3ccccc3)c2c1. The van der Waals surface area contributed by atoms with Crippen molar-refractivity contribution >= 4 is 27.5 Å². The molecule has 170 valence electrons. The summed E-state index contributed by atoms with van der Waals surface area (Å²) in [6.07, 6.45) is 0. The van der Waals surface area contributed by atoms with Crippen LogP contribution in [-0.2, 0) is 0 Å². The van der Waals surface area contributed by atoms with Gasteiger partial charge < -0.3 is 4.57 Å². The minimum Gasteiger partial charge on any atom is -0.309 e. The van der Waals surface area contributed by atoms with Gasteiger partial charge in [0.2, 0.25) is 0 Å². The number of benzene rings is 5. The van der Waals surface area contributed by atoms with Gasteiger partial charge in [-0.05, 0) is 41.5 Å². The Morgan fingerprint density at radius 2 is 1.32 bits per heavy atom. The zero-order valence-electron chi connectivity index (χ0n) is 19.7. The average Bonchev–Trinajstić information content (AvgIpc) is 3.31. The minimum absolute atomic E-state index is 0.461. The van der Waals surface area contributed by atoms with Gasteiger partial charge in [0, 0.05) is 27.6 Å². The molecule has 0 saturated carbocycles. The summed E-state index contributed by atoms with van der Waals surface area (Å²) in [5.41, 5.74) is 7.71. The first-order valence-corrected chi connectivity index (χ1v) is 11.8. The number of rotatable bonds is 3. The van der Waals surface area contributed by atoms with Crippen molar-refractivity contribution in [3.05, 3.63) is 132 Å². The molecular weight excluding hydrogens is 452 g/mol. The van der Waals surface area contributed by atoms with E-state index < -0.39 is 0 Å². The van der Waals surface area contributed by atoms with E-state index in [1.807, 2.05) is 54.6 Å². The van der Waals surface area contributed by atoms with Gasteiger partial charge in [0.05, 0.1) is 40.9 Å². The van der Waals surface area contributed by atoms with Crippen molar-refractivity contribution in [2.24, 2.45) is 0 Å². The number of fused-ring (bicyclic) bond motifs is 3. The highest BCUT2D eigenvalue weighted by Gasteiger charge is 2.20. The molecule has 0 unspecified atom stereocenters. The summed E-state index contributed by atoms with van der Waals surface area (Å²) in [5.74, 6) is 0. The number of hydrogen-bond acceptors (Lipinski definition) is 2. The maximum atomic E-state index is 9.92. The molecule has 4 heteroatoms. The minimum atomic E-state index is 0.461. The second kappa shape index (κ2) is 8.86. The fourth-order valence-electron chi connectivity index (χ4n) is 5.13. The molecule has 0 spiro atoms. The van der Waals surface area contributed by atoms with Gasteiger partial charge in [-0.3, -0.25) is 0 Å². The fourth-order valence-corrected chi connectivity index (χ4v) is 5.13. The molecule has 0 amide bonds. The number of aromatic nitrogens is 1. The molecule has 0 N–H and O–H groups in total. The van der Waals surface area contributed by atoms with Gasteiger partial charge in [0.1, 0.15) is 0 Å². The van der Waals surface area contributed by atoms with Crippen LogP contribution in [0.25, 0.3) is 54.6 Å². The van der Waals surface area contributed by atoms with Crippen LogP contribution in [-0.4, -0.2) is 4.57 Å². The van der Waals surface area contributed by atoms with E-state index in [9.17, 15) is 10.5 Å². The maximum Gasteiger partial charge on any atom is 0.194 e. The van der Waals surface area contributed by atoms with Gasteiger partial charge in [0.25, 0.3) is 0 Å². The molecule has 0 fully saturated rings. The molecule has 4 nitrogen and oxygen atoms in total. The first-order valence-electron chi connectivity index (χ1n) is 11.8. The normalized spacial score (nSPS) is 10.6. The van der Waals surface area contributed by atoms with Crippen molar-refractivity contribution in [2.75, 3.05) is 0 Å². The summed E-state index contributed by atoms with van der Waals surface area (Å²) in [6.45, 7) is 7.63. The lowest BCUT2D eigenvalue weighted by molar-refractivity contribution is 1.18. The average molecular weight is 471 g/mol. The van der Waals surface area contributed by atoms with E-state index in [1.165, 1.54) is 0 Å². The summed E-state index contributed by atoms with van der Waals surface area (Å²) in [4.78, 5) is 3.72. The first-order chi connectivity index (χ1) is 18.2. The lowest BCUT2D eigenvalue weighted by Gasteiger charge is -2.14. The van der Waals surface area contributed by atoms with Gasteiger partial charge in [-0.25, -0.2) is 4.85 Å². The number of para-hydroxylation sites is 3. The quantitative estimate of drug-likeness (QED) is 0.244. The topological polar surface area (TPSA) is 56.9 Å². The van der Waals surface area contributed by atoms with Crippen LogP contribution < -0.4 is 0 Å². The van der Waals surface area contributed by atoms with Gasteiger partial charge in [-0.2, -0.15) is 10.5 Å². The molecule has 0 bridgehead atoms. The molecule has 0 atom stereocenters. The van der Waals surface area contributed by atoms with Crippen LogP contribution >= 0.6 is 0 Å². The second-order valence-corrected chi connectivity index (χ2v) is 8.69. The molecule has 0 aliphatic heterocycles. The summed E-state index contributed by atoms with van der Waals surface area (Å²) in [6, 6.07) is 39.8. The molecule has 6 aromatic rings. The van der Waals surface area contributed by atoms with Crippen molar-refractivity contribution < 1.29 is 0 Å². The molecule has 1 heterocycles. The Kier molecular flexibility index (Phi) is 5.24. The van der Waals surface area contributed by atoms with Crippen LogP contribution in [0.3, 0.4) is 0 Å². The Morgan fingerprint density at radius 3 is 2.05 bits per heavy atom. The predicted octanol–water partition coefficient (Wildman–Crippen LogP) is 8.41. The Labute approximate surface area is 214 Å². The largest absolute Gasteiger partial charge is 0.309 e. The lowest BCUT2D eigenvalue weighted by atomic mass is 9.93. The molecule has 37 heavy (non-hydrogen) atoms. The summed E-state index contributed by atoms with van der Waals surface area (Å²) in [7, 11) is 0. The molecule has 5 aromatic carbocycles. The van der Waals surface area contributed by atoms with E-state index >= 15 is 0 Å². The van der Waals surface area contributed by atoms with Crippen molar-refractivity contribution in [1.82, 2.24) is 4.57 Å². The van der Waals surface area contributed by atoms with Crippen LogP contribution in [0.4, 0.5) is 5.69 Å². The zero-order valence-corrected chi connectivity index (χ0v) is 19.7. The van der Waals surface area contributed by atoms with E-state index in [2.05, 4.69) is 57.9 Å². The Balaban J connectivity index is 1.78. The fraction of sp³-hybridized carbons (Fsp3) is 0. The molecule has 1 aromatic heterocycles. The van der Waals surface area contributed by atoms with Crippen molar-refractivity contribution in [1.29, 1.82) is 10.5 Å². The van der Waals surface area contributed by atoms with Gasteiger partial charge in [-0.15, -0.1) is 0 Å². The molecule has 0 aliphatic carbocycles. The van der Waals surface area contributed by atoms with Crippen LogP contribution in [0, 0.1) is 29.2 Å². The van der Waals surface area contributed by atoms with Crippen LogP contribution in [0.5, 0.6) is 0 Å². The summed E-state index contributed by atoms with van der Waals surface area (Å²) >= 11 is 0. The molecular formula is C33H18N4. The zero-order chi connectivity index (χ0) is 25.4. The monoisotopic (exact) mass is 470 g/mol. The third-order valence-corrected chi connectivity index (χ3v) is 6.71. The van der Waals surface area contributed by atoms with E-state index in [-0.39, 0.29) is 0 Å². The molecule has 6 rings (SSSR count). The maximum absolute atomic E-state index is 9.92. The van der Waals surface area contributed by atoms with Gasteiger partial charge >= 0.3 is 0 Å². The van der Waals surface area contributed by atoms with E-state index in [4.69, 9.17) is 6.57 Å². The molecule has 0 radical (unpaired) electrons. The Hall–Kier alpha value is -5.63. The van der Waals surface area contributed by atoms with Crippen LogP contribution in [0.15, 0.2) is 109 Å². The predicted molar refractivity (Wildman–Crippen MR) is 147 cm³/mol. The smallest absolute Gasteiger partial charge is 0.194 e. The van der Waals surface area contributed by atoms with Gasteiger partial charge in [0.15, 0.2) is 5.69 Å².